The van der Waals surface area contributed by atoms with Gasteiger partial charge in [0.15, 0.2) is 0 Å². The highest BCUT2D eigenvalue weighted by Gasteiger charge is 2.38. The molecule has 0 amide bonds. The Labute approximate surface area is 126 Å². The van der Waals surface area contributed by atoms with Gasteiger partial charge in [0.2, 0.25) is 0 Å². The van der Waals surface area contributed by atoms with Crippen LogP contribution in [0.1, 0.15) is 78.6 Å². The van der Waals surface area contributed by atoms with Crippen molar-refractivity contribution >= 4 is 0 Å². The van der Waals surface area contributed by atoms with Gasteiger partial charge in [-0.2, -0.15) is 0 Å². The first-order valence-electron chi connectivity index (χ1n) is 8.99. The lowest BCUT2D eigenvalue weighted by atomic mass is 9.72. The van der Waals surface area contributed by atoms with Crippen LogP contribution >= 0.6 is 0 Å². The third kappa shape index (κ3) is 4.21. The minimum absolute atomic E-state index is 0.526. The largest absolute Gasteiger partial charge is 0.312 e. The fraction of sp³-hybridized carbons (Fsp3) is 1.00. The van der Waals surface area contributed by atoms with E-state index in [0.717, 1.165) is 18.1 Å². The molecule has 0 radical (unpaired) electrons. The molecule has 2 saturated carbocycles. The van der Waals surface area contributed by atoms with E-state index in [1.165, 1.54) is 64.3 Å². The average Bonchev–Trinajstić information content (AvgIpc) is 2.45. The normalized spacial score (nSPS) is 31.6. The van der Waals surface area contributed by atoms with E-state index in [9.17, 15) is 0 Å². The van der Waals surface area contributed by atoms with E-state index in [0.29, 0.717) is 5.41 Å². The van der Waals surface area contributed by atoms with Crippen molar-refractivity contribution in [1.82, 2.24) is 10.2 Å². The second-order valence-corrected chi connectivity index (χ2v) is 7.99. The SMILES string of the molecule is CCCNC1CCC(C)(C)CC1N(C)C1CCCCC1. The van der Waals surface area contributed by atoms with Crippen LogP contribution in [0.3, 0.4) is 0 Å². The molecule has 0 aliphatic heterocycles. The Hall–Kier alpha value is -0.0800. The third-order valence-electron chi connectivity index (χ3n) is 5.69. The Morgan fingerprint density at radius 3 is 2.45 bits per heavy atom. The molecule has 0 aromatic carbocycles. The Morgan fingerprint density at radius 2 is 1.80 bits per heavy atom. The van der Waals surface area contributed by atoms with Gasteiger partial charge in [0.1, 0.15) is 0 Å². The van der Waals surface area contributed by atoms with Crippen LogP contribution in [0.5, 0.6) is 0 Å². The van der Waals surface area contributed by atoms with E-state index in [1.807, 2.05) is 0 Å². The first-order valence-corrected chi connectivity index (χ1v) is 8.99. The number of hydrogen-bond acceptors (Lipinski definition) is 2. The summed E-state index contributed by atoms with van der Waals surface area (Å²) in [6, 6.07) is 2.30. The zero-order chi connectivity index (χ0) is 14.6. The summed E-state index contributed by atoms with van der Waals surface area (Å²) in [6.45, 7) is 8.38. The van der Waals surface area contributed by atoms with Crippen molar-refractivity contribution < 1.29 is 0 Å². The predicted molar refractivity (Wildman–Crippen MR) is 88.1 cm³/mol. The van der Waals surface area contributed by atoms with Crippen molar-refractivity contribution in [1.29, 1.82) is 0 Å². The number of nitrogens with one attached hydrogen (secondary N) is 1. The highest BCUT2D eigenvalue weighted by molar-refractivity contribution is 4.95. The topological polar surface area (TPSA) is 15.3 Å². The molecule has 20 heavy (non-hydrogen) atoms. The van der Waals surface area contributed by atoms with Gasteiger partial charge in [0.05, 0.1) is 0 Å². The predicted octanol–water partition coefficient (Wildman–Crippen LogP) is 4.20. The highest BCUT2D eigenvalue weighted by atomic mass is 15.2. The summed E-state index contributed by atoms with van der Waals surface area (Å²) in [6.07, 6.45) is 12.5. The summed E-state index contributed by atoms with van der Waals surface area (Å²) in [5, 5.41) is 3.84. The quantitative estimate of drug-likeness (QED) is 0.812. The van der Waals surface area contributed by atoms with Gasteiger partial charge in [-0.05, 0) is 57.5 Å². The monoisotopic (exact) mass is 280 g/mol. The van der Waals surface area contributed by atoms with Crippen molar-refractivity contribution in [2.24, 2.45) is 5.41 Å². The fourth-order valence-electron chi connectivity index (χ4n) is 4.30. The van der Waals surface area contributed by atoms with Crippen molar-refractivity contribution in [3.8, 4) is 0 Å². The summed E-state index contributed by atoms with van der Waals surface area (Å²) < 4.78 is 0. The van der Waals surface area contributed by atoms with E-state index < -0.39 is 0 Å². The second-order valence-electron chi connectivity index (χ2n) is 7.99. The van der Waals surface area contributed by atoms with Crippen molar-refractivity contribution in [2.45, 2.75) is 96.7 Å². The minimum Gasteiger partial charge on any atom is -0.312 e. The lowest BCUT2D eigenvalue weighted by Gasteiger charge is -2.48. The molecular formula is C18H36N2. The van der Waals surface area contributed by atoms with Gasteiger partial charge in [0, 0.05) is 18.1 Å². The molecule has 2 fully saturated rings. The summed E-state index contributed by atoms with van der Waals surface area (Å²) in [7, 11) is 2.41. The Balaban J connectivity index is 2.00. The molecule has 0 aromatic heterocycles. The van der Waals surface area contributed by atoms with E-state index in [-0.39, 0.29) is 0 Å². The summed E-state index contributed by atoms with van der Waals surface area (Å²) in [5.74, 6) is 0. The van der Waals surface area contributed by atoms with Crippen molar-refractivity contribution in [2.75, 3.05) is 13.6 Å². The zero-order valence-corrected chi connectivity index (χ0v) is 14.3. The van der Waals surface area contributed by atoms with Gasteiger partial charge in [-0.1, -0.05) is 40.0 Å². The lowest BCUT2D eigenvalue weighted by Crippen LogP contribution is -2.56. The molecule has 0 aromatic rings. The molecular weight excluding hydrogens is 244 g/mol. The van der Waals surface area contributed by atoms with Crippen LogP contribution in [-0.4, -0.2) is 36.6 Å². The standard InChI is InChI=1S/C18H36N2/c1-5-13-19-16-11-12-18(2,3)14-17(16)20(4)15-9-7-6-8-10-15/h15-17,19H,5-14H2,1-4H3. The highest BCUT2D eigenvalue weighted by Crippen LogP contribution is 2.38. The third-order valence-corrected chi connectivity index (χ3v) is 5.69. The second kappa shape index (κ2) is 7.26. The molecule has 2 rings (SSSR count). The first-order chi connectivity index (χ1) is 9.53. The van der Waals surface area contributed by atoms with Crippen LogP contribution in [0.15, 0.2) is 0 Å². The summed E-state index contributed by atoms with van der Waals surface area (Å²) >= 11 is 0. The minimum atomic E-state index is 0.526. The van der Waals surface area contributed by atoms with Crippen LogP contribution in [0.4, 0.5) is 0 Å². The van der Waals surface area contributed by atoms with E-state index in [2.05, 4.69) is 38.0 Å². The first kappa shape index (κ1) is 16.3. The van der Waals surface area contributed by atoms with E-state index in [4.69, 9.17) is 0 Å². The van der Waals surface area contributed by atoms with Crippen LogP contribution in [0.2, 0.25) is 0 Å². The molecule has 2 heteroatoms. The Morgan fingerprint density at radius 1 is 1.10 bits per heavy atom. The molecule has 0 bridgehead atoms. The molecule has 2 atom stereocenters. The maximum absolute atomic E-state index is 3.84. The van der Waals surface area contributed by atoms with Gasteiger partial charge < -0.3 is 5.32 Å². The Bertz CT molecular complexity index is 281. The molecule has 2 nitrogen and oxygen atoms in total. The van der Waals surface area contributed by atoms with E-state index in [1.54, 1.807) is 0 Å². The van der Waals surface area contributed by atoms with Crippen LogP contribution < -0.4 is 5.32 Å². The number of rotatable bonds is 5. The number of likely N-dealkylation sites (N-methyl/N-ethyl adjacent to an activating group) is 1. The molecule has 2 aliphatic rings. The van der Waals surface area contributed by atoms with Gasteiger partial charge in [-0.25, -0.2) is 0 Å². The molecule has 118 valence electrons. The van der Waals surface area contributed by atoms with Gasteiger partial charge in [0.25, 0.3) is 0 Å². The average molecular weight is 280 g/mol. The van der Waals surface area contributed by atoms with Crippen LogP contribution in [0, 0.1) is 5.41 Å². The number of nitrogens with zero attached hydrogens (tertiary/aromatic N) is 1. The maximum atomic E-state index is 3.84. The zero-order valence-electron chi connectivity index (χ0n) is 14.3. The van der Waals surface area contributed by atoms with Crippen molar-refractivity contribution in [3.63, 3.8) is 0 Å². The van der Waals surface area contributed by atoms with Gasteiger partial charge in [-0.3, -0.25) is 4.90 Å². The molecule has 0 spiro atoms. The lowest BCUT2D eigenvalue weighted by molar-refractivity contribution is 0.0431. The van der Waals surface area contributed by atoms with Gasteiger partial charge in [-0.15, -0.1) is 0 Å². The van der Waals surface area contributed by atoms with Crippen LogP contribution in [-0.2, 0) is 0 Å². The number of hydrogen-bond donors (Lipinski definition) is 1. The van der Waals surface area contributed by atoms with Crippen LogP contribution in [0.25, 0.3) is 0 Å². The van der Waals surface area contributed by atoms with Crippen molar-refractivity contribution in [3.05, 3.63) is 0 Å². The summed E-state index contributed by atoms with van der Waals surface area (Å²) in [5.41, 5.74) is 0.526. The molecule has 2 aliphatic carbocycles. The Kier molecular flexibility index (Phi) is 5.92. The van der Waals surface area contributed by atoms with Gasteiger partial charge >= 0.3 is 0 Å². The molecule has 2 unspecified atom stereocenters. The fourth-order valence-corrected chi connectivity index (χ4v) is 4.30. The molecule has 1 N–H and O–H groups in total. The smallest absolute Gasteiger partial charge is 0.0254 e. The van der Waals surface area contributed by atoms with E-state index >= 15 is 0 Å². The maximum Gasteiger partial charge on any atom is 0.0254 e. The molecule has 0 heterocycles. The summed E-state index contributed by atoms with van der Waals surface area (Å²) in [4.78, 5) is 2.76. The molecule has 0 saturated heterocycles.